The van der Waals surface area contributed by atoms with Crippen molar-refractivity contribution in [3.05, 3.63) is 63.2 Å². The smallest absolute Gasteiger partial charge is 0.303 e. The monoisotopic (exact) mass is 486 g/mol. The van der Waals surface area contributed by atoms with E-state index in [-0.39, 0.29) is 35.8 Å². The van der Waals surface area contributed by atoms with Crippen molar-refractivity contribution in [2.75, 3.05) is 25.0 Å². The highest BCUT2D eigenvalue weighted by Gasteiger charge is 2.26. The van der Waals surface area contributed by atoms with Gasteiger partial charge in [-0.05, 0) is 37.7 Å². The van der Waals surface area contributed by atoms with Crippen LogP contribution in [0.25, 0.3) is 5.70 Å². The van der Waals surface area contributed by atoms with Crippen LogP contribution in [0.4, 0.5) is 10.1 Å². The summed E-state index contributed by atoms with van der Waals surface area (Å²) in [4.78, 5) is 30.0. The first-order valence-electron chi connectivity index (χ1n) is 11.9. The number of nitrogens with two attached hydrogens (primary N) is 2. The number of carbonyl (C=O) groups is 1. The van der Waals surface area contributed by atoms with Gasteiger partial charge >= 0.3 is 5.97 Å². The first-order chi connectivity index (χ1) is 16.6. The van der Waals surface area contributed by atoms with Crippen molar-refractivity contribution in [3.8, 4) is 0 Å². The number of nitrogens with zero attached hydrogens (tertiary/aromatic N) is 4. The molecule has 0 saturated carbocycles. The van der Waals surface area contributed by atoms with Crippen LogP contribution in [0.15, 0.2) is 34.9 Å². The summed E-state index contributed by atoms with van der Waals surface area (Å²) in [5.74, 6) is 4.68. The number of allylic oxidation sites excluding steroid dienone is 1. The van der Waals surface area contributed by atoms with Gasteiger partial charge in [-0.1, -0.05) is 19.4 Å². The van der Waals surface area contributed by atoms with Crippen molar-refractivity contribution >= 4 is 17.4 Å². The van der Waals surface area contributed by atoms with Gasteiger partial charge in [-0.15, -0.1) is 0 Å². The van der Waals surface area contributed by atoms with E-state index in [1.54, 1.807) is 20.2 Å². The molecule has 190 valence electrons. The Hall–Kier alpha value is -3.40. The second-order valence-corrected chi connectivity index (χ2v) is 9.20. The molecule has 1 saturated heterocycles. The SMILES string of the molecule is CCCc1ccc(=O)n(C/C(=C(/N)c2cc(F)c(N3CCCC(CC(=O)O)C3)c(C)n2)N(C)N)c1. The van der Waals surface area contributed by atoms with Gasteiger partial charge in [0.1, 0.15) is 0 Å². The minimum atomic E-state index is -0.849. The molecule has 0 spiro atoms. The Morgan fingerprint density at radius 2 is 2.11 bits per heavy atom. The molecule has 5 N–H and O–H groups in total. The second kappa shape index (κ2) is 11.4. The number of likely N-dealkylation sites (N-methyl/N-ethyl adjacent to an activating group) is 1. The standard InChI is InChI=1S/C25H35FN6O3/c1-4-6-17-8-9-22(33)32(13-17)15-21(30(3)28)24(27)20-12-19(26)25(16(2)29-20)31-10-5-7-18(14-31)11-23(34)35/h8-9,12-13,18H,4-7,10-11,14-15,27-28H2,1-3H3,(H,34,35)/b24-21-. The predicted octanol–water partition coefficient (Wildman–Crippen LogP) is 2.47. The van der Waals surface area contributed by atoms with E-state index in [9.17, 15) is 9.59 Å². The maximum Gasteiger partial charge on any atom is 0.303 e. The summed E-state index contributed by atoms with van der Waals surface area (Å²) in [5.41, 5.74) is 8.91. The fourth-order valence-corrected chi connectivity index (χ4v) is 4.66. The zero-order chi connectivity index (χ0) is 25.7. The summed E-state index contributed by atoms with van der Waals surface area (Å²) >= 11 is 0. The number of anilines is 1. The van der Waals surface area contributed by atoms with E-state index in [0.29, 0.717) is 30.2 Å². The zero-order valence-corrected chi connectivity index (χ0v) is 20.6. The molecule has 0 aliphatic carbocycles. The van der Waals surface area contributed by atoms with Gasteiger partial charge in [-0.25, -0.2) is 15.2 Å². The fourth-order valence-electron chi connectivity index (χ4n) is 4.66. The first-order valence-corrected chi connectivity index (χ1v) is 11.9. The van der Waals surface area contributed by atoms with Gasteiger partial charge in [0.2, 0.25) is 0 Å². The Labute approximate surface area is 204 Å². The van der Waals surface area contributed by atoms with Crippen LogP contribution in [0.1, 0.15) is 49.6 Å². The number of halogens is 1. The first kappa shape index (κ1) is 26.2. The summed E-state index contributed by atoms with van der Waals surface area (Å²) < 4.78 is 16.9. The third-order valence-electron chi connectivity index (χ3n) is 6.34. The van der Waals surface area contributed by atoms with Gasteiger partial charge in [0.05, 0.1) is 35.0 Å². The summed E-state index contributed by atoms with van der Waals surface area (Å²) in [6.45, 7) is 4.98. The van der Waals surface area contributed by atoms with E-state index >= 15 is 4.39 Å². The van der Waals surface area contributed by atoms with Crippen molar-refractivity contribution in [2.24, 2.45) is 17.5 Å². The lowest BCUT2D eigenvalue weighted by Crippen LogP contribution is -2.37. The van der Waals surface area contributed by atoms with Crippen LogP contribution < -0.4 is 22.0 Å². The number of aliphatic carboxylic acids is 1. The molecular weight excluding hydrogens is 451 g/mol. The highest BCUT2D eigenvalue weighted by molar-refractivity contribution is 5.68. The third kappa shape index (κ3) is 6.39. The Morgan fingerprint density at radius 3 is 2.74 bits per heavy atom. The lowest BCUT2D eigenvalue weighted by atomic mass is 9.94. The van der Waals surface area contributed by atoms with Crippen LogP contribution >= 0.6 is 0 Å². The molecule has 1 atom stereocenters. The minimum absolute atomic E-state index is 0.0380. The van der Waals surface area contributed by atoms with E-state index in [2.05, 4.69) is 11.9 Å². The van der Waals surface area contributed by atoms with Crippen molar-refractivity contribution in [1.82, 2.24) is 14.6 Å². The van der Waals surface area contributed by atoms with Crippen molar-refractivity contribution in [3.63, 3.8) is 0 Å². The molecule has 0 amide bonds. The molecule has 0 bridgehead atoms. The number of hydrazine groups is 1. The molecular formula is C25H35FN6O3. The van der Waals surface area contributed by atoms with Crippen LogP contribution in [0.5, 0.6) is 0 Å². The lowest BCUT2D eigenvalue weighted by molar-refractivity contribution is -0.138. The van der Waals surface area contributed by atoms with E-state index in [1.807, 2.05) is 11.0 Å². The van der Waals surface area contributed by atoms with Crippen LogP contribution in [-0.4, -0.2) is 45.8 Å². The number of carboxylic acid groups (broad SMARTS) is 1. The normalized spacial score (nSPS) is 16.7. The molecule has 3 heterocycles. The molecule has 9 nitrogen and oxygen atoms in total. The molecule has 1 unspecified atom stereocenters. The van der Waals surface area contributed by atoms with Crippen LogP contribution in [0.2, 0.25) is 0 Å². The molecule has 2 aromatic rings. The molecule has 10 heteroatoms. The fraction of sp³-hybridized carbons (Fsp3) is 0.480. The largest absolute Gasteiger partial charge is 0.481 e. The molecule has 1 aliphatic rings. The lowest BCUT2D eigenvalue weighted by Gasteiger charge is -2.34. The molecule has 3 rings (SSSR count). The maximum absolute atomic E-state index is 15.4. The van der Waals surface area contributed by atoms with Gasteiger partial charge < -0.3 is 25.3 Å². The zero-order valence-electron chi connectivity index (χ0n) is 20.6. The topological polar surface area (TPSA) is 131 Å². The van der Waals surface area contributed by atoms with E-state index in [1.165, 1.54) is 21.7 Å². The molecule has 1 aliphatic heterocycles. The maximum atomic E-state index is 15.4. The number of carboxylic acids is 1. The van der Waals surface area contributed by atoms with E-state index in [0.717, 1.165) is 31.2 Å². The number of hydrogen-bond donors (Lipinski definition) is 3. The van der Waals surface area contributed by atoms with Gasteiger partial charge in [-0.3, -0.25) is 9.59 Å². The number of hydrogen-bond acceptors (Lipinski definition) is 7. The predicted molar refractivity (Wildman–Crippen MR) is 134 cm³/mol. The number of piperidine rings is 1. The average Bonchev–Trinajstić information content (AvgIpc) is 2.78. The number of aromatic nitrogens is 2. The third-order valence-corrected chi connectivity index (χ3v) is 6.34. The van der Waals surface area contributed by atoms with Crippen molar-refractivity contribution in [2.45, 2.75) is 52.5 Å². The van der Waals surface area contributed by atoms with Crippen molar-refractivity contribution in [1.29, 1.82) is 0 Å². The van der Waals surface area contributed by atoms with Gasteiger partial charge in [0.25, 0.3) is 5.56 Å². The van der Waals surface area contributed by atoms with E-state index in [4.69, 9.17) is 16.7 Å². The number of rotatable bonds is 9. The van der Waals surface area contributed by atoms with Gasteiger partial charge in [0.15, 0.2) is 5.82 Å². The summed E-state index contributed by atoms with van der Waals surface area (Å²) in [6.07, 6.45) is 5.22. The highest BCUT2D eigenvalue weighted by Crippen LogP contribution is 2.30. The molecule has 0 radical (unpaired) electrons. The Morgan fingerprint density at radius 1 is 1.37 bits per heavy atom. The van der Waals surface area contributed by atoms with Gasteiger partial charge in [0, 0.05) is 44.9 Å². The molecule has 0 aromatic carbocycles. The number of aryl methyl sites for hydroxylation is 2. The van der Waals surface area contributed by atoms with Gasteiger partial charge in [-0.2, -0.15) is 0 Å². The Kier molecular flexibility index (Phi) is 8.50. The summed E-state index contributed by atoms with van der Waals surface area (Å²) in [5, 5.41) is 10.4. The summed E-state index contributed by atoms with van der Waals surface area (Å²) in [6, 6.07) is 4.60. The second-order valence-electron chi connectivity index (χ2n) is 9.20. The molecule has 35 heavy (non-hydrogen) atoms. The van der Waals surface area contributed by atoms with E-state index < -0.39 is 11.8 Å². The minimum Gasteiger partial charge on any atom is -0.481 e. The Balaban J connectivity index is 1.94. The highest BCUT2D eigenvalue weighted by atomic mass is 19.1. The average molecular weight is 487 g/mol. The van der Waals surface area contributed by atoms with Crippen molar-refractivity contribution < 1.29 is 14.3 Å². The van der Waals surface area contributed by atoms with Crippen LogP contribution in [0, 0.1) is 18.7 Å². The molecule has 1 fully saturated rings. The number of pyridine rings is 2. The Bertz CT molecular complexity index is 1140. The van der Waals surface area contributed by atoms with Crippen LogP contribution in [0.3, 0.4) is 0 Å². The van der Waals surface area contributed by atoms with Crippen LogP contribution in [-0.2, 0) is 17.8 Å². The quantitative estimate of drug-likeness (QED) is 0.364. The summed E-state index contributed by atoms with van der Waals surface area (Å²) in [7, 11) is 1.61. The molecule has 2 aromatic heterocycles.